The monoisotopic (exact) mass is 333 g/mol. The van der Waals surface area contributed by atoms with E-state index in [9.17, 15) is 13.2 Å². The van der Waals surface area contributed by atoms with E-state index in [1.54, 1.807) is 0 Å². The number of hydrogen-bond acceptors (Lipinski definition) is 3. The maximum absolute atomic E-state index is 12.3. The van der Waals surface area contributed by atoms with Crippen molar-refractivity contribution in [2.24, 2.45) is 5.92 Å². The number of carbonyl (C=O) groups excluding carboxylic acids is 1. The summed E-state index contributed by atoms with van der Waals surface area (Å²) in [5.41, 5.74) is 2.59. The van der Waals surface area contributed by atoms with E-state index in [1.807, 2.05) is 23.1 Å². The highest BCUT2D eigenvalue weighted by molar-refractivity contribution is 7.91. The molecule has 2 aliphatic rings. The van der Waals surface area contributed by atoms with E-state index in [1.165, 1.54) is 11.1 Å². The van der Waals surface area contributed by atoms with Crippen molar-refractivity contribution in [2.75, 3.05) is 24.6 Å². The second kappa shape index (κ2) is 6.87. The second-order valence-electron chi connectivity index (χ2n) is 6.57. The first-order valence-electron chi connectivity index (χ1n) is 8.24. The molecule has 0 N–H and O–H groups in total. The summed E-state index contributed by atoms with van der Waals surface area (Å²) < 4.78 is 23.0. The van der Waals surface area contributed by atoms with Crippen LogP contribution in [-0.4, -0.2) is 43.8 Å². The first kappa shape index (κ1) is 16.2. The van der Waals surface area contributed by atoms with Crippen LogP contribution in [0.3, 0.4) is 0 Å². The molecule has 2 fully saturated rings. The average molecular weight is 333 g/mol. The van der Waals surface area contributed by atoms with Gasteiger partial charge >= 0.3 is 0 Å². The number of hydrogen-bond donors (Lipinski definition) is 0. The van der Waals surface area contributed by atoms with Gasteiger partial charge in [-0.1, -0.05) is 42.0 Å². The van der Waals surface area contributed by atoms with Crippen LogP contribution in [0.25, 0.3) is 6.08 Å². The Morgan fingerprint density at radius 3 is 2.48 bits per heavy atom. The van der Waals surface area contributed by atoms with Crippen molar-refractivity contribution in [2.45, 2.75) is 25.7 Å². The molecule has 1 atom stereocenters. The van der Waals surface area contributed by atoms with Gasteiger partial charge in [-0.3, -0.25) is 4.79 Å². The van der Waals surface area contributed by atoms with Crippen molar-refractivity contribution in [1.82, 2.24) is 4.90 Å². The lowest BCUT2D eigenvalue weighted by molar-refractivity contribution is -0.132. The summed E-state index contributed by atoms with van der Waals surface area (Å²) in [4.78, 5) is 14.2. The number of carbonyl (C=O) groups is 1. The summed E-state index contributed by atoms with van der Waals surface area (Å²) in [5.74, 6) is 0.570. The zero-order chi connectivity index (χ0) is 16.3. The predicted molar refractivity (Wildman–Crippen MR) is 91.6 cm³/mol. The lowest BCUT2D eigenvalue weighted by Crippen LogP contribution is -2.37. The lowest BCUT2D eigenvalue weighted by Gasteiger charge is -2.29. The maximum atomic E-state index is 12.3. The lowest BCUT2D eigenvalue weighted by atomic mass is 9.99. The second-order valence-corrected chi connectivity index (χ2v) is 8.80. The van der Waals surface area contributed by atoms with Gasteiger partial charge in [0.1, 0.15) is 0 Å². The molecule has 124 valence electrons. The summed E-state index contributed by atoms with van der Waals surface area (Å²) in [6, 6.07) is 10.2. The molecule has 1 amide bonds. The van der Waals surface area contributed by atoms with Crippen molar-refractivity contribution in [3.8, 4) is 0 Å². The Balaban J connectivity index is 1.51. The molecular formula is C18H23NO3S. The Hall–Kier alpha value is -1.62. The fourth-order valence-electron chi connectivity index (χ4n) is 3.38. The molecule has 5 heteroatoms. The Kier molecular flexibility index (Phi) is 4.85. The van der Waals surface area contributed by atoms with Gasteiger partial charge in [-0.15, -0.1) is 0 Å². The van der Waals surface area contributed by atoms with Crippen molar-refractivity contribution in [3.05, 3.63) is 41.5 Å². The normalized spacial score (nSPS) is 23.7. The molecule has 0 radical (unpaired) electrons. The minimum Gasteiger partial charge on any atom is -0.342 e. The molecular weight excluding hydrogens is 310 g/mol. The first-order chi connectivity index (χ1) is 11.0. The van der Waals surface area contributed by atoms with E-state index in [0.29, 0.717) is 12.8 Å². The molecule has 23 heavy (non-hydrogen) atoms. The molecule has 2 aliphatic heterocycles. The van der Waals surface area contributed by atoms with E-state index >= 15 is 0 Å². The molecule has 2 saturated heterocycles. The van der Waals surface area contributed by atoms with Crippen LogP contribution in [0.5, 0.6) is 0 Å². The van der Waals surface area contributed by atoms with Gasteiger partial charge < -0.3 is 4.90 Å². The molecule has 0 aromatic heterocycles. The summed E-state index contributed by atoms with van der Waals surface area (Å²) in [5, 5.41) is 0. The molecule has 0 bridgehead atoms. The third-order valence-electron chi connectivity index (χ3n) is 4.72. The third kappa shape index (κ3) is 4.44. The van der Waals surface area contributed by atoms with Crippen LogP contribution < -0.4 is 0 Å². The SMILES string of the molecule is O=C(CC1CCS(=O)(=O)C1)N1CCC(=Cc2ccccc2)CC1. The number of sulfone groups is 1. The molecule has 1 aromatic carbocycles. The first-order valence-corrected chi connectivity index (χ1v) is 10.1. The fraction of sp³-hybridized carbons (Fsp3) is 0.500. The van der Waals surface area contributed by atoms with Gasteiger partial charge in [0.15, 0.2) is 9.84 Å². The van der Waals surface area contributed by atoms with E-state index in [0.717, 1.165) is 25.9 Å². The zero-order valence-electron chi connectivity index (χ0n) is 13.3. The number of rotatable bonds is 3. The average Bonchev–Trinajstić information content (AvgIpc) is 2.88. The molecule has 0 saturated carbocycles. The van der Waals surface area contributed by atoms with Gasteiger partial charge in [-0.25, -0.2) is 8.42 Å². The van der Waals surface area contributed by atoms with E-state index in [4.69, 9.17) is 0 Å². The largest absolute Gasteiger partial charge is 0.342 e. The van der Waals surface area contributed by atoms with Gasteiger partial charge in [-0.05, 0) is 30.7 Å². The minimum atomic E-state index is -2.90. The summed E-state index contributed by atoms with van der Waals surface area (Å²) in [6.07, 6.45) is 5.05. The number of amides is 1. The van der Waals surface area contributed by atoms with E-state index in [-0.39, 0.29) is 23.3 Å². The van der Waals surface area contributed by atoms with Crippen LogP contribution in [0.15, 0.2) is 35.9 Å². The summed E-state index contributed by atoms with van der Waals surface area (Å²) in [6.45, 7) is 1.49. The topological polar surface area (TPSA) is 54.5 Å². The molecule has 1 unspecified atom stereocenters. The summed E-state index contributed by atoms with van der Waals surface area (Å²) in [7, 11) is -2.90. The smallest absolute Gasteiger partial charge is 0.222 e. The number of benzene rings is 1. The van der Waals surface area contributed by atoms with Crippen molar-refractivity contribution >= 4 is 21.8 Å². The van der Waals surface area contributed by atoms with Crippen molar-refractivity contribution < 1.29 is 13.2 Å². The number of nitrogens with zero attached hydrogens (tertiary/aromatic N) is 1. The zero-order valence-corrected chi connectivity index (χ0v) is 14.1. The van der Waals surface area contributed by atoms with Gasteiger partial charge in [-0.2, -0.15) is 0 Å². The predicted octanol–water partition coefficient (Wildman–Crippen LogP) is 2.52. The Labute approximate surface area is 138 Å². The number of likely N-dealkylation sites (tertiary alicyclic amines) is 1. The highest BCUT2D eigenvalue weighted by Gasteiger charge is 2.31. The minimum absolute atomic E-state index is 0.0220. The molecule has 0 aliphatic carbocycles. The summed E-state index contributed by atoms with van der Waals surface area (Å²) >= 11 is 0. The molecule has 3 rings (SSSR count). The van der Waals surface area contributed by atoms with Crippen LogP contribution >= 0.6 is 0 Å². The van der Waals surface area contributed by atoms with Crippen LogP contribution in [0.2, 0.25) is 0 Å². The maximum Gasteiger partial charge on any atom is 0.222 e. The Bertz CT molecular complexity index is 684. The van der Waals surface area contributed by atoms with Gasteiger partial charge in [0.05, 0.1) is 11.5 Å². The fourth-order valence-corrected chi connectivity index (χ4v) is 5.24. The van der Waals surface area contributed by atoms with Crippen molar-refractivity contribution in [1.29, 1.82) is 0 Å². The van der Waals surface area contributed by atoms with Gasteiger partial charge in [0.25, 0.3) is 0 Å². The molecule has 1 aromatic rings. The molecule has 4 nitrogen and oxygen atoms in total. The third-order valence-corrected chi connectivity index (χ3v) is 6.56. The highest BCUT2D eigenvalue weighted by Crippen LogP contribution is 2.25. The van der Waals surface area contributed by atoms with Gasteiger partial charge in [0, 0.05) is 19.5 Å². The van der Waals surface area contributed by atoms with E-state index in [2.05, 4.69) is 18.2 Å². The van der Waals surface area contributed by atoms with Crippen LogP contribution in [-0.2, 0) is 14.6 Å². The quantitative estimate of drug-likeness (QED) is 0.854. The Morgan fingerprint density at radius 2 is 1.87 bits per heavy atom. The van der Waals surface area contributed by atoms with Crippen molar-refractivity contribution in [3.63, 3.8) is 0 Å². The van der Waals surface area contributed by atoms with E-state index < -0.39 is 9.84 Å². The van der Waals surface area contributed by atoms with Crippen LogP contribution in [0.1, 0.15) is 31.2 Å². The van der Waals surface area contributed by atoms with Crippen LogP contribution in [0.4, 0.5) is 0 Å². The standard InChI is InChI=1S/C18H23NO3S/c20-18(13-17-8-11-23(21,22)14-17)19-9-6-16(7-10-19)12-15-4-2-1-3-5-15/h1-5,12,17H,6-11,13-14H2. The van der Waals surface area contributed by atoms with Gasteiger partial charge in [0.2, 0.25) is 5.91 Å². The Morgan fingerprint density at radius 1 is 1.17 bits per heavy atom. The van der Waals surface area contributed by atoms with Crippen LogP contribution in [0, 0.1) is 5.92 Å². The molecule has 2 heterocycles. The highest BCUT2D eigenvalue weighted by atomic mass is 32.2. The number of piperidine rings is 1. The molecule has 0 spiro atoms.